The molecule has 0 aromatic carbocycles. The van der Waals surface area contributed by atoms with Crippen LogP contribution in [0.3, 0.4) is 0 Å². The molecule has 0 rings (SSSR count). The Morgan fingerprint density at radius 1 is 1.05 bits per heavy atom. The second-order valence-electron chi connectivity index (χ2n) is 3.79. The second-order valence-corrected chi connectivity index (χ2v) is 5.03. The highest BCUT2D eigenvalue weighted by Crippen LogP contribution is 2.35. The first-order valence-corrected chi connectivity index (χ1v) is 7.45. The summed E-state index contributed by atoms with van der Waals surface area (Å²) in [5, 5.41) is 0. The van der Waals surface area contributed by atoms with Crippen molar-refractivity contribution in [2.45, 2.75) is 31.8 Å². The number of carbonyl (C=O) groups is 2. The minimum atomic E-state index is -4.69. The molecule has 0 aliphatic rings. The Balaban J connectivity index is 4.34. The third-order valence-electron chi connectivity index (χ3n) is 1.92. The zero-order valence-corrected chi connectivity index (χ0v) is 11.9. The largest absolute Gasteiger partial charge is 0.469 e. The Labute approximate surface area is 117 Å². The summed E-state index contributed by atoms with van der Waals surface area (Å²) < 4.78 is 24.5. The predicted molar refractivity (Wildman–Crippen MR) is 68.0 cm³/mol. The van der Waals surface area contributed by atoms with Crippen molar-refractivity contribution in [1.82, 2.24) is 0 Å². The van der Waals surface area contributed by atoms with Crippen LogP contribution in [0.4, 0.5) is 0 Å². The van der Waals surface area contributed by atoms with Crippen molar-refractivity contribution in [2.75, 3.05) is 13.2 Å². The number of phosphoric ester groups is 1. The van der Waals surface area contributed by atoms with Crippen molar-refractivity contribution >= 4 is 19.8 Å². The van der Waals surface area contributed by atoms with Gasteiger partial charge in [-0.1, -0.05) is 0 Å². The van der Waals surface area contributed by atoms with Crippen LogP contribution >= 0.6 is 7.82 Å². The van der Waals surface area contributed by atoms with E-state index < -0.39 is 32.5 Å². The molecule has 0 aromatic heterocycles. The summed E-state index contributed by atoms with van der Waals surface area (Å²) in [4.78, 5) is 39.6. The molecule has 0 aliphatic carbocycles. The van der Waals surface area contributed by atoms with Gasteiger partial charge in [0.25, 0.3) is 0 Å². The maximum atomic E-state index is 11.3. The van der Waals surface area contributed by atoms with Gasteiger partial charge >= 0.3 is 19.8 Å². The standard InChI is InChI=1S/C11H19O8P/c1-3-5-10(12)17-7-9(8-18-20(14,15)16)19-11(13)6-4-2/h9H,1-8H2,(H2,14,15,16)/q-2/t9-/m1/s1. The summed E-state index contributed by atoms with van der Waals surface area (Å²) in [5.41, 5.74) is 0. The van der Waals surface area contributed by atoms with E-state index in [0.29, 0.717) is 12.8 Å². The number of rotatable bonds is 10. The van der Waals surface area contributed by atoms with Gasteiger partial charge in [0.1, 0.15) is 6.61 Å². The minimum absolute atomic E-state index is 0.0409. The van der Waals surface area contributed by atoms with E-state index in [1.165, 1.54) is 0 Å². The van der Waals surface area contributed by atoms with Crippen molar-refractivity contribution < 1.29 is 37.9 Å². The summed E-state index contributed by atoms with van der Waals surface area (Å²) in [5.74, 6) is -1.16. The van der Waals surface area contributed by atoms with Gasteiger partial charge in [-0.25, -0.2) is 4.57 Å². The number of ether oxygens (including phenoxy) is 2. The lowest BCUT2D eigenvalue weighted by Crippen LogP contribution is -2.29. The van der Waals surface area contributed by atoms with Crippen molar-refractivity contribution in [3.05, 3.63) is 13.8 Å². The van der Waals surface area contributed by atoms with E-state index in [9.17, 15) is 14.2 Å². The van der Waals surface area contributed by atoms with Gasteiger partial charge in [-0.2, -0.15) is 12.8 Å². The van der Waals surface area contributed by atoms with E-state index in [1.807, 2.05) is 0 Å². The lowest BCUT2D eigenvalue weighted by molar-refractivity contribution is -0.161. The maximum Gasteiger partial charge on any atom is 0.469 e. The summed E-state index contributed by atoms with van der Waals surface area (Å²) in [6.07, 6.45) is -0.288. The molecule has 0 fully saturated rings. The molecule has 8 nitrogen and oxygen atoms in total. The highest BCUT2D eigenvalue weighted by Gasteiger charge is 2.22. The number of hydrogen-bond donors (Lipinski definition) is 2. The average Bonchev–Trinajstić information content (AvgIpc) is 2.32. The first-order valence-electron chi connectivity index (χ1n) is 5.92. The third kappa shape index (κ3) is 10.9. The molecule has 0 saturated carbocycles. The Bertz CT molecular complexity index is 350. The Kier molecular flexibility index (Phi) is 9.41. The van der Waals surface area contributed by atoms with Crippen molar-refractivity contribution in [1.29, 1.82) is 0 Å². The zero-order chi connectivity index (χ0) is 15.6. The molecule has 0 aliphatic heterocycles. The molecule has 0 aromatic rings. The van der Waals surface area contributed by atoms with Gasteiger partial charge in [0.15, 0.2) is 6.10 Å². The summed E-state index contributed by atoms with van der Waals surface area (Å²) in [6.45, 7) is 6.02. The fourth-order valence-corrected chi connectivity index (χ4v) is 1.45. The van der Waals surface area contributed by atoms with Gasteiger partial charge in [-0.15, -0.1) is 0 Å². The summed E-state index contributed by atoms with van der Waals surface area (Å²) >= 11 is 0. The van der Waals surface area contributed by atoms with Crippen molar-refractivity contribution in [2.24, 2.45) is 0 Å². The first-order chi connectivity index (χ1) is 9.28. The van der Waals surface area contributed by atoms with E-state index in [1.54, 1.807) is 0 Å². The quantitative estimate of drug-likeness (QED) is 0.345. The Hall–Kier alpha value is -0.950. The third-order valence-corrected chi connectivity index (χ3v) is 2.40. The highest BCUT2D eigenvalue weighted by atomic mass is 31.2. The molecule has 2 N–H and O–H groups in total. The maximum absolute atomic E-state index is 11.3. The van der Waals surface area contributed by atoms with Gasteiger partial charge in [0, 0.05) is 12.8 Å². The van der Waals surface area contributed by atoms with E-state index in [0.717, 1.165) is 0 Å². The molecule has 0 bridgehead atoms. The van der Waals surface area contributed by atoms with Gasteiger partial charge in [0.2, 0.25) is 0 Å². The number of carbonyl (C=O) groups excluding carboxylic acids is 2. The van der Waals surface area contributed by atoms with Crippen LogP contribution in [0.5, 0.6) is 0 Å². The molecular weight excluding hydrogens is 291 g/mol. The van der Waals surface area contributed by atoms with E-state index in [2.05, 4.69) is 18.4 Å². The molecule has 118 valence electrons. The molecule has 0 heterocycles. The summed E-state index contributed by atoms with van der Waals surface area (Å²) in [7, 11) is -4.69. The second kappa shape index (κ2) is 9.88. The van der Waals surface area contributed by atoms with Gasteiger partial charge in [-0.3, -0.25) is 14.1 Å². The van der Waals surface area contributed by atoms with Gasteiger partial charge in [-0.05, 0) is 0 Å². The first kappa shape index (κ1) is 19.1. The van der Waals surface area contributed by atoms with E-state index >= 15 is 0 Å². The van der Waals surface area contributed by atoms with Crippen LogP contribution in [0.2, 0.25) is 0 Å². The van der Waals surface area contributed by atoms with Crippen LogP contribution in [-0.2, 0) is 28.2 Å². The smallest absolute Gasteiger partial charge is 0.462 e. The number of esters is 2. The lowest BCUT2D eigenvalue weighted by atomic mass is 10.3. The molecule has 0 saturated heterocycles. The lowest BCUT2D eigenvalue weighted by Gasteiger charge is -2.18. The van der Waals surface area contributed by atoms with Crippen LogP contribution < -0.4 is 0 Å². The molecule has 0 unspecified atom stereocenters. The molecule has 0 spiro atoms. The van der Waals surface area contributed by atoms with Crippen LogP contribution in [0.15, 0.2) is 0 Å². The normalized spacial score (nSPS) is 12.8. The van der Waals surface area contributed by atoms with Crippen molar-refractivity contribution in [3.8, 4) is 0 Å². The fourth-order valence-electron chi connectivity index (χ4n) is 1.09. The molecule has 0 radical (unpaired) electrons. The molecule has 0 amide bonds. The highest BCUT2D eigenvalue weighted by molar-refractivity contribution is 7.46. The zero-order valence-electron chi connectivity index (χ0n) is 11.0. The Morgan fingerprint density at radius 3 is 2.10 bits per heavy atom. The SMILES string of the molecule is [CH2-]CCC(=O)OC[C@H](COP(=O)(O)O)OC(=O)CC[CH2-]. The Morgan fingerprint density at radius 2 is 1.60 bits per heavy atom. The average molecular weight is 310 g/mol. The van der Waals surface area contributed by atoms with Gasteiger partial charge < -0.3 is 33.1 Å². The topological polar surface area (TPSA) is 119 Å². The van der Waals surface area contributed by atoms with Crippen LogP contribution in [0.25, 0.3) is 0 Å². The van der Waals surface area contributed by atoms with Crippen LogP contribution in [0.1, 0.15) is 25.7 Å². The predicted octanol–water partition coefficient (Wildman–Crippen LogP) is 0.779. The monoisotopic (exact) mass is 310 g/mol. The summed E-state index contributed by atoms with van der Waals surface area (Å²) in [6, 6.07) is 0. The van der Waals surface area contributed by atoms with Gasteiger partial charge in [0.05, 0.1) is 6.61 Å². The molecule has 20 heavy (non-hydrogen) atoms. The van der Waals surface area contributed by atoms with Crippen molar-refractivity contribution in [3.63, 3.8) is 0 Å². The van der Waals surface area contributed by atoms with Crippen LogP contribution in [0, 0.1) is 13.8 Å². The fraction of sp³-hybridized carbons (Fsp3) is 0.636. The van der Waals surface area contributed by atoms with E-state index in [4.69, 9.17) is 19.3 Å². The minimum Gasteiger partial charge on any atom is -0.462 e. The van der Waals surface area contributed by atoms with E-state index in [-0.39, 0.29) is 19.4 Å². The van der Waals surface area contributed by atoms with Crippen LogP contribution in [-0.4, -0.2) is 41.0 Å². The number of phosphoric acid groups is 1. The molecule has 9 heteroatoms. The number of hydrogen-bond acceptors (Lipinski definition) is 6. The molecule has 1 atom stereocenters. The molecular formula is C11H19O8P-2.